The molecule has 0 aliphatic carbocycles. The van der Waals surface area contributed by atoms with Gasteiger partial charge in [-0.2, -0.15) is 0 Å². The molecule has 0 aliphatic rings. The van der Waals surface area contributed by atoms with E-state index >= 15 is 0 Å². The Balaban J connectivity index is 1.67. The molecule has 136 valence electrons. The largest absolute Gasteiger partial charge is 0.363 e. The molecule has 27 heavy (non-hydrogen) atoms. The summed E-state index contributed by atoms with van der Waals surface area (Å²) in [6, 6.07) is 17.0. The fourth-order valence-corrected chi connectivity index (χ4v) is 4.53. The van der Waals surface area contributed by atoms with Crippen LogP contribution in [0.25, 0.3) is 21.3 Å². The molecule has 3 nitrogen and oxygen atoms in total. The second-order valence-electron chi connectivity index (χ2n) is 6.74. The topological polar surface area (TPSA) is 37.8 Å². The number of aromatic nitrogens is 2. The third-order valence-electron chi connectivity index (χ3n) is 4.61. The Morgan fingerprint density at radius 1 is 1.04 bits per heavy atom. The lowest BCUT2D eigenvalue weighted by Crippen LogP contribution is -2.09. The van der Waals surface area contributed by atoms with E-state index < -0.39 is 0 Å². The van der Waals surface area contributed by atoms with Gasteiger partial charge in [-0.15, -0.1) is 11.3 Å². The molecule has 0 aliphatic heterocycles. The molecule has 4 aromatic rings. The van der Waals surface area contributed by atoms with E-state index in [2.05, 4.69) is 80.8 Å². The summed E-state index contributed by atoms with van der Waals surface area (Å²) in [6.45, 7) is 6.23. The number of rotatable bonds is 4. The fraction of sp³-hybridized carbons (Fsp3) is 0.182. The van der Waals surface area contributed by atoms with Crippen LogP contribution in [0.4, 0.5) is 5.82 Å². The van der Waals surface area contributed by atoms with E-state index in [0.717, 1.165) is 27.4 Å². The first-order chi connectivity index (χ1) is 13.0. The predicted octanol–water partition coefficient (Wildman–Crippen LogP) is 6.91. The predicted molar refractivity (Wildman–Crippen MR) is 119 cm³/mol. The highest BCUT2D eigenvalue weighted by atomic mass is 79.9. The molecule has 0 saturated carbocycles. The van der Waals surface area contributed by atoms with Gasteiger partial charge < -0.3 is 5.32 Å². The number of thiophene rings is 1. The van der Waals surface area contributed by atoms with Crippen molar-refractivity contribution in [3.05, 3.63) is 75.3 Å². The maximum atomic E-state index is 4.66. The molecule has 2 heterocycles. The lowest BCUT2D eigenvalue weighted by Gasteiger charge is -2.16. The van der Waals surface area contributed by atoms with Crippen LogP contribution in [0.15, 0.2) is 58.4 Å². The number of nitrogens with one attached hydrogen (secondary N) is 1. The SMILES string of the molecule is Cc1nc(NC(C)c2cccc(Br)c2)cc(-c2ccc3scc(C)c3c2)n1. The molecule has 0 saturated heterocycles. The summed E-state index contributed by atoms with van der Waals surface area (Å²) in [4.78, 5) is 9.25. The fourth-order valence-electron chi connectivity index (χ4n) is 3.19. The van der Waals surface area contributed by atoms with Gasteiger partial charge in [0.1, 0.15) is 11.6 Å². The first kappa shape index (κ1) is 18.1. The molecule has 4 rings (SSSR count). The molecule has 5 heteroatoms. The van der Waals surface area contributed by atoms with Gasteiger partial charge in [-0.05, 0) is 66.9 Å². The Labute approximate surface area is 171 Å². The van der Waals surface area contributed by atoms with Crippen molar-refractivity contribution in [3.63, 3.8) is 0 Å². The summed E-state index contributed by atoms with van der Waals surface area (Å²) in [5.41, 5.74) is 4.58. The van der Waals surface area contributed by atoms with Gasteiger partial charge in [-0.25, -0.2) is 9.97 Å². The van der Waals surface area contributed by atoms with Gasteiger partial charge >= 0.3 is 0 Å². The molecule has 0 bridgehead atoms. The number of hydrogen-bond acceptors (Lipinski definition) is 4. The van der Waals surface area contributed by atoms with Crippen molar-refractivity contribution in [3.8, 4) is 11.3 Å². The molecule has 1 unspecified atom stereocenters. The first-order valence-electron chi connectivity index (χ1n) is 8.85. The Kier molecular flexibility index (Phi) is 4.98. The molecule has 0 spiro atoms. The van der Waals surface area contributed by atoms with Crippen LogP contribution in [-0.2, 0) is 0 Å². The highest BCUT2D eigenvalue weighted by Crippen LogP contribution is 2.31. The van der Waals surface area contributed by atoms with Gasteiger partial charge in [0, 0.05) is 26.8 Å². The number of anilines is 1. The quantitative estimate of drug-likeness (QED) is 0.376. The lowest BCUT2D eigenvalue weighted by molar-refractivity contribution is 0.867. The van der Waals surface area contributed by atoms with Crippen molar-refractivity contribution in [1.29, 1.82) is 0 Å². The molecule has 0 fully saturated rings. The van der Waals surface area contributed by atoms with E-state index in [1.165, 1.54) is 21.2 Å². The van der Waals surface area contributed by atoms with Gasteiger partial charge in [-0.1, -0.05) is 34.1 Å². The minimum absolute atomic E-state index is 0.145. The van der Waals surface area contributed by atoms with Crippen molar-refractivity contribution >= 4 is 43.2 Å². The third kappa shape index (κ3) is 3.89. The highest BCUT2D eigenvalue weighted by Gasteiger charge is 2.11. The third-order valence-corrected chi connectivity index (χ3v) is 6.19. The smallest absolute Gasteiger partial charge is 0.130 e. The van der Waals surface area contributed by atoms with Crippen LogP contribution in [0.3, 0.4) is 0 Å². The second kappa shape index (κ2) is 7.41. The minimum Gasteiger partial charge on any atom is -0.363 e. The maximum absolute atomic E-state index is 4.66. The number of halogens is 1. The van der Waals surface area contributed by atoms with E-state index in [9.17, 15) is 0 Å². The molecule has 2 aromatic heterocycles. The van der Waals surface area contributed by atoms with Crippen LogP contribution in [0.1, 0.15) is 29.9 Å². The zero-order valence-electron chi connectivity index (χ0n) is 15.5. The number of nitrogens with zero attached hydrogens (tertiary/aromatic N) is 2. The normalized spacial score (nSPS) is 12.3. The van der Waals surface area contributed by atoms with Gasteiger partial charge in [0.2, 0.25) is 0 Å². The Hall–Kier alpha value is -2.24. The average molecular weight is 438 g/mol. The van der Waals surface area contributed by atoms with Crippen LogP contribution in [0, 0.1) is 13.8 Å². The van der Waals surface area contributed by atoms with Gasteiger partial charge in [0.15, 0.2) is 0 Å². The van der Waals surface area contributed by atoms with Crippen LogP contribution in [-0.4, -0.2) is 9.97 Å². The van der Waals surface area contributed by atoms with E-state index in [4.69, 9.17) is 0 Å². The molecular formula is C22H20BrN3S. The van der Waals surface area contributed by atoms with E-state index in [1.807, 2.05) is 25.1 Å². The number of benzene rings is 2. The second-order valence-corrected chi connectivity index (χ2v) is 8.56. The van der Waals surface area contributed by atoms with Gasteiger partial charge in [0.25, 0.3) is 0 Å². The Bertz CT molecular complexity index is 1120. The maximum Gasteiger partial charge on any atom is 0.130 e. The van der Waals surface area contributed by atoms with E-state index in [0.29, 0.717) is 0 Å². The standard InChI is InChI=1S/C22H20BrN3S/c1-13-12-27-21-8-7-17(10-19(13)21)20-11-22(26-15(3)25-20)24-14(2)16-5-4-6-18(23)9-16/h4-12,14H,1-3H3,(H,24,25,26). The molecule has 1 atom stereocenters. The van der Waals surface area contributed by atoms with Crippen molar-refractivity contribution in [2.75, 3.05) is 5.32 Å². The van der Waals surface area contributed by atoms with Crippen molar-refractivity contribution in [1.82, 2.24) is 9.97 Å². The van der Waals surface area contributed by atoms with E-state index in [-0.39, 0.29) is 6.04 Å². The minimum atomic E-state index is 0.145. The highest BCUT2D eigenvalue weighted by molar-refractivity contribution is 9.10. The van der Waals surface area contributed by atoms with Crippen molar-refractivity contribution in [2.24, 2.45) is 0 Å². The summed E-state index contributed by atoms with van der Waals surface area (Å²) in [6.07, 6.45) is 0. The number of aryl methyl sites for hydroxylation is 2. The molecule has 2 aromatic carbocycles. The Morgan fingerprint density at radius 3 is 2.70 bits per heavy atom. The van der Waals surface area contributed by atoms with E-state index in [1.54, 1.807) is 11.3 Å². The first-order valence-corrected chi connectivity index (χ1v) is 10.5. The van der Waals surface area contributed by atoms with Gasteiger partial charge in [-0.3, -0.25) is 0 Å². The summed E-state index contributed by atoms with van der Waals surface area (Å²) in [7, 11) is 0. The molecule has 1 N–H and O–H groups in total. The monoisotopic (exact) mass is 437 g/mol. The molecule has 0 radical (unpaired) electrons. The summed E-state index contributed by atoms with van der Waals surface area (Å²) >= 11 is 5.32. The van der Waals surface area contributed by atoms with Crippen LogP contribution >= 0.6 is 27.3 Å². The zero-order chi connectivity index (χ0) is 19.0. The number of fused-ring (bicyclic) bond motifs is 1. The lowest BCUT2D eigenvalue weighted by atomic mass is 10.1. The number of hydrogen-bond donors (Lipinski definition) is 1. The summed E-state index contributed by atoms with van der Waals surface area (Å²) < 4.78 is 2.39. The van der Waals surface area contributed by atoms with Crippen molar-refractivity contribution in [2.45, 2.75) is 26.8 Å². The van der Waals surface area contributed by atoms with Gasteiger partial charge in [0.05, 0.1) is 5.69 Å². The summed E-state index contributed by atoms with van der Waals surface area (Å²) in [5.74, 6) is 1.60. The molecule has 0 amide bonds. The molecular weight excluding hydrogens is 418 g/mol. The average Bonchev–Trinajstić information content (AvgIpc) is 3.02. The Morgan fingerprint density at radius 2 is 1.89 bits per heavy atom. The van der Waals surface area contributed by atoms with Crippen LogP contribution < -0.4 is 5.32 Å². The van der Waals surface area contributed by atoms with Crippen LogP contribution in [0.2, 0.25) is 0 Å². The van der Waals surface area contributed by atoms with Crippen molar-refractivity contribution < 1.29 is 0 Å². The zero-order valence-corrected chi connectivity index (χ0v) is 17.9. The summed E-state index contributed by atoms with van der Waals surface area (Å²) in [5, 5.41) is 7.01. The van der Waals surface area contributed by atoms with Crippen LogP contribution in [0.5, 0.6) is 0 Å².